The van der Waals surface area contributed by atoms with E-state index in [1.54, 1.807) is 36.4 Å². The summed E-state index contributed by atoms with van der Waals surface area (Å²) >= 11 is 1.32. The summed E-state index contributed by atoms with van der Waals surface area (Å²) in [5.74, 6) is -0.113. The molecule has 4 aromatic rings. The Balaban J connectivity index is 1.54. The van der Waals surface area contributed by atoms with Gasteiger partial charge in [0.25, 0.3) is 5.78 Å². The minimum Gasteiger partial charge on any atom is -0.507 e. The zero-order chi connectivity index (χ0) is 29.5. The van der Waals surface area contributed by atoms with Crippen LogP contribution in [0.15, 0.2) is 72.8 Å². The molecule has 2 atom stereocenters. The molecule has 2 aliphatic heterocycles. The van der Waals surface area contributed by atoms with Gasteiger partial charge in [-0.3, -0.25) is 14.5 Å². The number of aromatic nitrogens is 1. The first-order valence-corrected chi connectivity index (χ1v) is 14.6. The number of aryl methyl sites for hydroxylation is 1. The van der Waals surface area contributed by atoms with Gasteiger partial charge in [0.2, 0.25) is 0 Å². The number of aliphatic hydroxyl groups excluding tert-OH is 1. The van der Waals surface area contributed by atoms with Crippen LogP contribution in [0.4, 0.5) is 5.13 Å². The van der Waals surface area contributed by atoms with Crippen LogP contribution in [0.25, 0.3) is 16.0 Å². The number of anilines is 1. The standard InChI is InChI=1S/C33H30N2O6S/c1-5-13-40-25-12-8-20(17-26(25)39-6-2)29-28(30(36)21-9-11-24-22(16-21)15-19(4)41-24)31(37)32(38)35(29)33-34-23-10-7-18(3)14-27(23)42-33/h5,7-12,14,16-17,19,29,36H,1,6,13,15H2,2-4H3/b30-28+/t19-,29-/m1/s1. The molecular weight excluding hydrogens is 552 g/mol. The van der Waals surface area contributed by atoms with Crippen LogP contribution >= 0.6 is 11.3 Å². The molecule has 2 aliphatic rings. The van der Waals surface area contributed by atoms with E-state index in [4.69, 9.17) is 19.2 Å². The summed E-state index contributed by atoms with van der Waals surface area (Å²) in [5, 5.41) is 12.0. The van der Waals surface area contributed by atoms with E-state index in [0.29, 0.717) is 40.8 Å². The van der Waals surface area contributed by atoms with Crippen molar-refractivity contribution in [3.8, 4) is 17.2 Å². The highest BCUT2D eigenvalue weighted by atomic mass is 32.1. The Bertz CT molecular complexity index is 1770. The van der Waals surface area contributed by atoms with Crippen LogP contribution in [0, 0.1) is 6.92 Å². The largest absolute Gasteiger partial charge is 0.507 e. The SMILES string of the molecule is C=CCOc1ccc([C@@H]2/C(=C(\O)c3ccc4c(c3)C[C@@H](C)O4)C(=O)C(=O)N2c2nc3ccc(C)cc3s2)cc1OCC. The number of hydrogen-bond donors (Lipinski definition) is 1. The highest BCUT2D eigenvalue weighted by Gasteiger charge is 2.48. The molecule has 1 amide bonds. The van der Waals surface area contributed by atoms with Crippen molar-refractivity contribution in [2.75, 3.05) is 18.1 Å². The van der Waals surface area contributed by atoms with Crippen molar-refractivity contribution in [1.29, 1.82) is 0 Å². The second-order valence-corrected chi connectivity index (χ2v) is 11.3. The van der Waals surface area contributed by atoms with Gasteiger partial charge >= 0.3 is 5.91 Å². The number of amides is 1. The maximum atomic E-state index is 13.7. The van der Waals surface area contributed by atoms with E-state index in [-0.39, 0.29) is 24.0 Å². The Morgan fingerprint density at radius 2 is 1.98 bits per heavy atom. The van der Waals surface area contributed by atoms with Gasteiger partial charge in [-0.1, -0.05) is 36.1 Å². The molecule has 8 nitrogen and oxygen atoms in total. The number of aliphatic hydroxyl groups is 1. The number of carbonyl (C=O) groups is 2. The van der Waals surface area contributed by atoms with Gasteiger partial charge in [-0.05, 0) is 79.9 Å². The van der Waals surface area contributed by atoms with Crippen molar-refractivity contribution in [3.05, 3.63) is 95.1 Å². The fourth-order valence-electron chi connectivity index (χ4n) is 5.42. The predicted molar refractivity (Wildman–Crippen MR) is 163 cm³/mol. The van der Waals surface area contributed by atoms with Gasteiger partial charge in [-0.2, -0.15) is 0 Å². The molecule has 0 unspecified atom stereocenters. The van der Waals surface area contributed by atoms with Gasteiger partial charge in [0.15, 0.2) is 16.6 Å². The van der Waals surface area contributed by atoms with Crippen LogP contribution in [0.3, 0.4) is 0 Å². The maximum absolute atomic E-state index is 13.7. The summed E-state index contributed by atoms with van der Waals surface area (Å²) < 4.78 is 18.4. The highest BCUT2D eigenvalue weighted by Crippen LogP contribution is 2.46. The molecule has 0 radical (unpaired) electrons. The number of rotatable bonds is 8. The molecule has 1 N–H and O–H groups in total. The first-order chi connectivity index (χ1) is 20.3. The molecule has 0 bridgehead atoms. The number of thiazole rings is 1. The summed E-state index contributed by atoms with van der Waals surface area (Å²) in [7, 11) is 0. The van der Waals surface area contributed by atoms with Crippen molar-refractivity contribution in [1.82, 2.24) is 4.98 Å². The van der Waals surface area contributed by atoms with E-state index in [2.05, 4.69) is 6.58 Å². The van der Waals surface area contributed by atoms with E-state index in [1.807, 2.05) is 45.0 Å². The van der Waals surface area contributed by atoms with E-state index in [9.17, 15) is 14.7 Å². The third-order valence-corrected chi connectivity index (χ3v) is 8.31. The lowest BCUT2D eigenvalue weighted by Gasteiger charge is -2.24. The summed E-state index contributed by atoms with van der Waals surface area (Å²) in [5.41, 5.74) is 3.69. The molecule has 0 aliphatic carbocycles. The van der Waals surface area contributed by atoms with Gasteiger partial charge < -0.3 is 19.3 Å². The van der Waals surface area contributed by atoms with Crippen LogP contribution in [-0.2, 0) is 16.0 Å². The number of benzene rings is 3. The van der Waals surface area contributed by atoms with Crippen molar-refractivity contribution in [3.63, 3.8) is 0 Å². The minimum absolute atomic E-state index is 0.0180. The molecule has 214 valence electrons. The Morgan fingerprint density at radius 3 is 2.76 bits per heavy atom. The van der Waals surface area contributed by atoms with E-state index >= 15 is 0 Å². The minimum atomic E-state index is -0.956. The Morgan fingerprint density at radius 1 is 1.14 bits per heavy atom. The number of Topliss-reactive ketones (excluding diaryl/α,β-unsaturated/α-hetero) is 1. The number of carbonyl (C=O) groups excluding carboxylic acids is 2. The fourth-order valence-corrected chi connectivity index (χ4v) is 6.51. The molecular formula is C33H30N2O6S. The summed E-state index contributed by atoms with van der Waals surface area (Å²) in [6.07, 6.45) is 2.34. The Hall–Kier alpha value is -4.63. The summed E-state index contributed by atoms with van der Waals surface area (Å²) in [6.45, 7) is 10.2. The number of ether oxygens (including phenoxy) is 3. The molecule has 3 aromatic carbocycles. The zero-order valence-corrected chi connectivity index (χ0v) is 24.4. The maximum Gasteiger partial charge on any atom is 0.301 e. The van der Waals surface area contributed by atoms with E-state index in [0.717, 1.165) is 27.1 Å². The van der Waals surface area contributed by atoms with E-state index < -0.39 is 17.7 Å². The lowest BCUT2D eigenvalue weighted by molar-refractivity contribution is -0.132. The smallest absolute Gasteiger partial charge is 0.301 e. The number of ketones is 1. The first kappa shape index (κ1) is 27.5. The molecule has 1 fully saturated rings. The summed E-state index contributed by atoms with van der Waals surface area (Å²) in [6, 6.07) is 15.4. The third kappa shape index (κ3) is 4.79. The lowest BCUT2D eigenvalue weighted by Crippen LogP contribution is -2.29. The number of fused-ring (bicyclic) bond motifs is 2. The lowest BCUT2D eigenvalue weighted by atomic mass is 9.94. The number of nitrogens with zero attached hydrogens (tertiary/aromatic N) is 2. The molecule has 9 heteroatoms. The van der Waals surface area contributed by atoms with Crippen LogP contribution in [0.2, 0.25) is 0 Å². The third-order valence-electron chi connectivity index (χ3n) is 7.29. The average molecular weight is 583 g/mol. The van der Waals surface area contributed by atoms with Crippen molar-refractivity contribution >= 4 is 44.1 Å². The second-order valence-electron chi connectivity index (χ2n) is 10.3. The second kappa shape index (κ2) is 11.0. The first-order valence-electron chi connectivity index (χ1n) is 13.8. The van der Waals surface area contributed by atoms with Gasteiger partial charge in [-0.25, -0.2) is 4.98 Å². The van der Waals surface area contributed by atoms with Crippen LogP contribution < -0.4 is 19.1 Å². The molecule has 42 heavy (non-hydrogen) atoms. The van der Waals surface area contributed by atoms with Crippen LogP contribution in [0.5, 0.6) is 17.2 Å². The molecule has 6 rings (SSSR count). The van der Waals surface area contributed by atoms with Crippen LogP contribution in [-0.4, -0.2) is 41.1 Å². The monoisotopic (exact) mass is 582 g/mol. The molecule has 0 spiro atoms. The Labute approximate surface area is 247 Å². The normalized spacial score (nSPS) is 19.2. The van der Waals surface area contributed by atoms with Crippen molar-refractivity contribution in [2.45, 2.75) is 39.3 Å². The van der Waals surface area contributed by atoms with Gasteiger partial charge in [-0.15, -0.1) is 0 Å². The molecule has 1 saturated heterocycles. The van der Waals surface area contributed by atoms with Gasteiger partial charge in [0, 0.05) is 12.0 Å². The van der Waals surface area contributed by atoms with Crippen molar-refractivity contribution < 1.29 is 28.9 Å². The van der Waals surface area contributed by atoms with E-state index in [1.165, 1.54) is 16.2 Å². The highest BCUT2D eigenvalue weighted by molar-refractivity contribution is 7.22. The van der Waals surface area contributed by atoms with Gasteiger partial charge in [0.1, 0.15) is 24.2 Å². The predicted octanol–water partition coefficient (Wildman–Crippen LogP) is 6.52. The topological polar surface area (TPSA) is 98.2 Å². The average Bonchev–Trinajstić information content (AvgIpc) is 3.63. The summed E-state index contributed by atoms with van der Waals surface area (Å²) in [4.78, 5) is 33.6. The zero-order valence-electron chi connectivity index (χ0n) is 23.5. The quantitative estimate of drug-likeness (QED) is 0.109. The molecule has 3 heterocycles. The van der Waals surface area contributed by atoms with Crippen molar-refractivity contribution in [2.24, 2.45) is 0 Å². The molecule has 1 aromatic heterocycles. The Kier molecular flexibility index (Phi) is 7.20. The fraction of sp³-hybridized carbons (Fsp3) is 0.242. The molecule has 0 saturated carbocycles. The number of hydrogen-bond acceptors (Lipinski definition) is 8. The van der Waals surface area contributed by atoms with Gasteiger partial charge in [0.05, 0.1) is 28.4 Å². The van der Waals surface area contributed by atoms with Crippen LogP contribution in [0.1, 0.15) is 42.1 Å².